The predicted molar refractivity (Wildman–Crippen MR) is 84.9 cm³/mol. The second-order valence-corrected chi connectivity index (χ2v) is 6.06. The van der Waals surface area contributed by atoms with E-state index in [4.69, 9.17) is 11.6 Å². The van der Waals surface area contributed by atoms with E-state index in [0.717, 1.165) is 28.9 Å². The number of hydrogen-bond donors (Lipinski definition) is 0. The summed E-state index contributed by atoms with van der Waals surface area (Å²) in [6.07, 6.45) is 7.45. The Labute approximate surface area is 131 Å². The van der Waals surface area contributed by atoms with Crippen LogP contribution in [0.15, 0.2) is 30.9 Å². The highest BCUT2D eigenvalue weighted by atomic mass is 35.5. The van der Waals surface area contributed by atoms with Crippen molar-refractivity contribution in [2.45, 2.75) is 13.1 Å². The minimum Gasteiger partial charge on any atom is -0.354 e. The van der Waals surface area contributed by atoms with Crippen LogP contribution in [-0.4, -0.2) is 38.4 Å². The Bertz CT molecular complexity index is 715. The van der Waals surface area contributed by atoms with E-state index in [-0.39, 0.29) is 0 Å². The number of thiazole rings is 1. The maximum Gasteiger partial charge on any atom is 0.186 e. The second kappa shape index (κ2) is 5.87. The van der Waals surface area contributed by atoms with E-state index >= 15 is 0 Å². The first-order valence-corrected chi connectivity index (χ1v) is 7.67. The number of imidazole rings is 1. The average Bonchev–Trinajstić information content (AvgIpc) is 3.16. The first-order chi connectivity index (χ1) is 10.1. The standard InChI is InChI=1S/C13H15ClN6S/c1-18(2)13-17-11(14)10(21-13)12-15-5-7-19(12)8-9-20-6-3-4-16-20/h3-7H,8-9H2,1-2H3. The van der Waals surface area contributed by atoms with Crippen molar-refractivity contribution in [3.8, 4) is 10.7 Å². The van der Waals surface area contributed by atoms with Crippen LogP contribution in [0.5, 0.6) is 0 Å². The molecule has 110 valence electrons. The van der Waals surface area contributed by atoms with Gasteiger partial charge in [-0.1, -0.05) is 22.9 Å². The van der Waals surface area contributed by atoms with Crippen molar-refractivity contribution in [2.75, 3.05) is 19.0 Å². The van der Waals surface area contributed by atoms with Gasteiger partial charge in [-0.15, -0.1) is 0 Å². The lowest BCUT2D eigenvalue weighted by molar-refractivity contribution is 0.536. The van der Waals surface area contributed by atoms with Gasteiger partial charge in [-0.25, -0.2) is 9.97 Å². The largest absolute Gasteiger partial charge is 0.354 e. The molecule has 0 bridgehead atoms. The fraction of sp³-hybridized carbons (Fsp3) is 0.308. The molecule has 0 radical (unpaired) electrons. The number of rotatable bonds is 5. The van der Waals surface area contributed by atoms with Crippen LogP contribution < -0.4 is 4.90 Å². The molecule has 0 amide bonds. The van der Waals surface area contributed by atoms with Gasteiger partial charge in [-0.2, -0.15) is 5.10 Å². The van der Waals surface area contributed by atoms with Crippen LogP contribution in [0.3, 0.4) is 0 Å². The molecule has 0 aromatic carbocycles. The molecule has 0 spiro atoms. The lowest BCUT2D eigenvalue weighted by atomic mass is 10.5. The van der Waals surface area contributed by atoms with Gasteiger partial charge in [0, 0.05) is 45.4 Å². The fourth-order valence-corrected chi connectivity index (χ4v) is 3.19. The molecule has 0 aliphatic rings. The van der Waals surface area contributed by atoms with Crippen LogP contribution in [0.1, 0.15) is 0 Å². The van der Waals surface area contributed by atoms with Crippen molar-refractivity contribution in [1.29, 1.82) is 0 Å². The van der Waals surface area contributed by atoms with Crippen LogP contribution in [0.4, 0.5) is 5.13 Å². The number of aryl methyl sites for hydroxylation is 2. The van der Waals surface area contributed by atoms with E-state index in [2.05, 4.69) is 19.6 Å². The van der Waals surface area contributed by atoms with Crippen LogP contribution in [0.25, 0.3) is 10.7 Å². The zero-order valence-corrected chi connectivity index (χ0v) is 13.3. The van der Waals surface area contributed by atoms with E-state index in [9.17, 15) is 0 Å². The number of anilines is 1. The molecular formula is C13H15ClN6S. The minimum atomic E-state index is 0.496. The van der Waals surface area contributed by atoms with E-state index < -0.39 is 0 Å². The molecule has 0 aliphatic carbocycles. The molecular weight excluding hydrogens is 308 g/mol. The summed E-state index contributed by atoms with van der Waals surface area (Å²) < 4.78 is 3.96. The minimum absolute atomic E-state index is 0.496. The molecule has 21 heavy (non-hydrogen) atoms. The number of halogens is 1. The molecule has 3 heterocycles. The molecule has 3 aromatic rings. The third kappa shape index (κ3) is 2.93. The Balaban J connectivity index is 1.84. The lowest BCUT2D eigenvalue weighted by Gasteiger charge is -2.07. The topological polar surface area (TPSA) is 51.8 Å². The lowest BCUT2D eigenvalue weighted by Crippen LogP contribution is -2.08. The summed E-state index contributed by atoms with van der Waals surface area (Å²) in [4.78, 5) is 11.6. The maximum absolute atomic E-state index is 6.25. The van der Waals surface area contributed by atoms with Crippen molar-refractivity contribution >= 4 is 28.1 Å². The summed E-state index contributed by atoms with van der Waals surface area (Å²) in [5, 5.41) is 5.57. The molecule has 0 atom stereocenters. The summed E-state index contributed by atoms with van der Waals surface area (Å²) in [6, 6.07) is 1.91. The second-order valence-electron chi connectivity index (χ2n) is 4.72. The van der Waals surface area contributed by atoms with Crippen molar-refractivity contribution in [2.24, 2.45) is 0 Å². The highest BCUT2D eigenvalue weighted by molar-refractivity contribution is 7.19. The van der Waals surface area contributed by atoms with E-state index in [1.807, 2.05) is 42.1 Å². The highest BCUT2D eigenvalue weighted by Crippen LogP contribution is 2.36. The summed E-state index contributed by atoms with van der Waals surface area (Å²) in [5.74, 6) is 0.845. The number of aromatic nitrogens is 5. The van der Waals surface area contributed by atoms with E-state index in [1.165, 1.54) is 11.3 Å². The Morgan fingerprint density at radius 1 is 1.24 bits per heavy atom. The van der Waals surface area contributed by atoms with Crippen LogP contribution >= 0.6 is 22.9 Å². The zero-order chi connectivity index (χ0) is 14.8. The van der Waals surface area contributed by atoms with Gasteiger partial charge in [0.25, 0.3) is 0 Å². The van der Waals surface area contributed by atoms with Crippen LogP contribution in [0, 0.1) is 0 Å². The number of nitrogens with zero attached hydrogens (tertiary/aromatic N) is 6. The summed E-state index contributed by atoms with van der Waals surface area (Å²) >= 11 is 7.79. The third-order valence-corrected chi connectivity index (χ3v) is 4.61. The molecule has 6 nitrogen and oxygen atoms in total. The van der Waals surface area contributed by atoms with Crippen molar-refractivity contribution in [3.05, 3.63) is 36.0 Å². The summed E-state index contributed by atoms with van der Waals surface area (Å²) in [7, 11) is 3.90. The van der Waals surface area contributed by atoms with Crippen LogP contribution in [-0.2, 0) is 13.1 Å². The van der Waals surface area contributed by atoms with Crippen molar-refractivity contribution < 1.29 is 0 Å². The molecule has 0 aliphatic heterocycles. The fourth-order valence-electron chi connectivity index (χ4n) is 1.96. The van der Waals surface area contributed by atoms with E-state index in [1.54, 1.807) is 12.4 Å². The van der Waals surface area contributed by atoms with Gasteiger partial charge in [0.1, 0.15) is 4.88 Å². The quantitative estimate of drug-likeness (QED) is 0.724. The SMILES string of the molecule is CN(C)c1nc(Cl)c(-c2nccn2CCn2cccn2)s1. The zero-order valence-electron chi connectivity index (χ0n) is 11.8. The van der Waals surface area contributed by atoms with Crippen molar-refractivity contribution in [3.63, 3.8) is 0 Å². The first kappa shape index (κ1) is 14.1. The molecule has 3 aromatic heterocycles. The van der Waals surface area contributed by atoms with Gasteiger partial charge < -0.3 is 9.47 Å². The molecule has 0 saturated heterocycles. The predicted octanol–water partition coefficient (Wildman–Crippen LogP) is 2.62. The molecule has 8 heteroatoms. The normalized spacial score (nSPS) is 11.0. The Hall–Kier alpha value is -1.86. The van der Waals surface area contributed by atoms with Crippen LogP contribution in [0.2, 0.25) is 5.15 Å². The number of hydrogen-bond acceptors (Lipinski definition) is 5. The van der Waals surface area contributed by atoms with Gasteiger partial charge in [-0.3, -0.25) is 4.68 Å². The van der Waals surface area contributed by atoms with E-state index in [0.29, 0.717) is 5.15 Å². The third-order valence-electron chi connectivity index (χ3n) is 3.00. The summed E-state index contributed by atoms with van der Waals surface area (Å²) in [5.41, 5.74) is 0. The Kier molecular flexibility index (Phi) is 3.94. The molecule has 3 rings (SSSR count). The molecule has 0 saturated carbocycles. The smallest absolute Gasteiger partial charge is 0.186 e. The van der Waals surface area contributed by atoms with Gasteiger partial charge in [0.15, 0.2) is 16.1 Å². The van der Waals surface area contributed by atoms with Crippen molar-refractivity contribution in [1.82, 2.24) is 24.3 Å². The van der Waals surface area contributed by atoms with Gasteiger partial charge >= 0.3 is 0 Å². The van der Waals surface area contributed by atoms with Gasteiger partial charge in [-0.05, 0) is 6.07 Å². The molecule has 0 unspecified atom stereocenters. The van der Waals surface area contributed by atoms with Gasteiger partial charge in [0.2, 0.25) is 0 Å². The Morgan fingerprint density at radius 2 is 2.10 bits per heavy atom. The summed E-state index contributed by atoms with van der Waals surface area (Å²) in [6.45, 7) is 1.57. The maximum atomic E-state index is 6.25. The highest BCUT2D eigenvalue weighted by Gasteiger charge is 2.16. The average molecular weight is 323 g/mol. The Morgan fingerprint density at radius 3 is 2.76 bits per heavy atom. The molecule has 0 fully saturated rings. The first-order valence-electron chi connectivity index (χ1n) is 6.47. The monoisotopic (exact) mass is 322 g/mol. The molecule has 0 N–H and O–H groups in total. The van der Waals surface area contributed by atoms with Gasteiger partial charge in [0.05, 0.1) is 6.54 Å².